The summed E-state index contributed by atoms with van der Waals surface area (Å²) in [7, 11) is 1.65. The number of piperazine rings is 1. The fourth-order valence-electron chi connectivity index (χ4n) is 3.03. The van der Waals surface area contributed by atoms with Crippen molar-refractivity contribution in [3.05, 3.63) is 47.8 Å². The predicted octanol–water partition coefficient (Wildman–Crippen LogP) is 1.39. The number of methoxy groups -OCH3 is 1. The van der Waals surface area contributed by atoms with Crippen molar-refractivity contribution in [2.75, 3.05) is 46.4 Å². The third kappa shape index (κ3) is 6.53. The van der Waals surface area contributed by atoms with Crippen molar-refractivity contribution >= 4 is 18.3 Å². The molecule has 1 aromatic carbocycles. The number of nitrogens with one attached hydrogen (secondary N) is 2. The van der Waals surface area contributed by atoms with Crippen LogP contribution in [0.3, 0.4) is 0 Å². The number of hydrogen-bond donors (Lipinski definition) is 2. The fourth-order valence-corrected chi connectivity index (χ4v) is 3.03. The Hall–Kier alpha value is -2.09. The molecule has 3 rings (SSSR count). The van der Waals surface area contributed by atoms with Crippen molar-refractivity contribution in [3.8, 4) is 5.75 Å². The maximum atomic E-state index is 12.2. The van der Waals surface area contributed by atoms with E-state index in [0.717, 1.165) is 50.5 Å². The van der Waals surface area contributed by atoms with Crippen molar-refractivity contribution in [1.82, 2.24) is 25.3 Å². The summed E-state index contributed by atoms with van der Waals surface area (Å²) in [6.45, 7) is 6.63. The van der Waals surface area contributed by atoms with Crippen LogP contribution >= 0.6 is 12.4 Å². The van der Waals surface area contributed by atoms with Gasteiger partial charge in [0.25, 0.3) is 5.91 Å². The molecule has 0 atom stereocenters. The van der Waals surface area contributed by atoms with Gasteiger partial charge in [0.2, 0.25) is 0 Å². The van der Waals surface area contributed by atoms with Crippen LogP contribution in [0, 0.1) is 0 Å². The van der Waals surface area contributed by atoms with E-state index in [4.69, 9.17) is 4.74 Å². The Morgan fingerprint density at radius 2 is 2.00 bits per heavy atom. The quantitative estimate of drug-likeness (QED) is 0.663. The SMILES string of the molecule is COc1ccc(Cn2cc(C(=O)NCCCN3CCNCC3)cn2)cc1.Cl. The minimum absolute atomic E-state index is 0. The lowest BCUT2D eigenvalue weighted by atomic mass is 10.2. The molecule has 0 bridgehead atoms. The van der Waals surface area contributed by atoms with E-state index in [9.17, 15) is 4.79 Å². The zero-order valence-corrected chi connectivity index (χ0v) is 16.5. The van der Waals surface area contributed by atoms with E-state index in [1.807, 2.05) is 24.3 Å². The van der Waals surface area contributed by atoms with Gasteiger partial charge in [-0.15, -0.1) is 12.4 Å². The second-order valence-electron chi connectivity index (χ2n) is 6.48. The summed E-state index contributed by atoms with van der Waals surface area (Å²) < 4.78 is 6.93. The highest BCUT2D eigenvalue weighted by Gasteiger charge is 2.11. The molecule has 1 amide bonds. The third-order valence-electron chi connectivity index (χ3n) is 4.55. The number of aromatic nitrogens is 2. The van der Waals surface area contributed by atoms with Gasteiger partial charge in [-0.05, 0) is 30.7 Å². The van der Waals surface area contributed by atoms with Gasteiger partial charge in [-0.25, -0.2) is 0 Å². The van der Waals surface area contributed by atoms with Gasteiger partial charge in [-0.1, -0.05) is 12.1 Å². The van der Waals surface area contributed by atoms with Crippen LogP contribution in [0.15, 0.2) is 36.7 Å². The molecule has 2 heterocycles. The Bertz CT molecular complexity index is 698. The minimum atomic E-state index is -0.0636. The molecule has 7 nitrogen and oxygen atoms in total. The zero-order chi connectivity index (χ0) is 18.2. The molecule has 2 N–H and O–H groups in total. The van der Waals surface area contributed by atoms with Gasteiger partial charge in [-0.3, -0.25) is 9.48 Å². The molecular formula is C19H28ClN5O2. The first-order chi connectivity index (χ1) is 12.7. The van der Waals surface area contributed by atoms with E-state index in [-0.39, 0.29) is 18.3 Å². The molecule has 1 saturated heterocycles. The lowest BCUT2D eigenvalue weighted by Crippen LogP contribution is -2.44. The fraction of sp³-hybridized carbons (Fsp3) is 0.474. The summed E-state index contributed by atoms with van der Waals surface area (Å²) in [5, 5.41) is 10.6. The number of carbonyl (C=O) groups is 1. The Morgan fingerprint density at radius 3 is 2.70 bits per heavy atom. The van der Waals surface area contributed by atoms with E-state index in [1.54, 1.807) is 24.2 Å². The normalized spacial score (nSPS) is 14.4. The summed E-state index contributed by atoms with van der Waals surface area (Å²) in [5.41, 5.74) is 1.71. The van der Waals surface area contributed by atoms with Crippen LogP contribution in [-0.2, 0) is 6.54 Å². The molecule has 2 aromatic rings. The number of ether oxygens (including phenoxy) is 1. The van der Waals surface area contributed by atoms with Crippen molar-refractivity contribution in [2.45, 2.75) is 13.0 Å². The average Bonchev–Trinajstić information content (AvgIpc) is 3.15. The molecule has 0 spiro atoms. The van der Waals surface area contributed by atoms with Crippen LogP contribution in [0.5, 0.6) is 5.75 Å². The van der Waals surface area contributed by atoms with Gasteiger partial charge in [-0.2, -0.15) is 5.10 Å². The van der Waals surface area contributed by atoms with Gasteiger partial charge in [0.15, 0.2) is 0 Å². The molecule has 1 aliphatic heterocycles. The van der Waals surface area contributed by atoms with E-state index in [2.05, 4.69) is 20.6 Å². The summed E-state index contributed by atoms with van der Waals surface area (Å²) in [6, 6.07) is 7.84. The molecule has 0 aliphatic carbocycles. The molecule has 1 aromatic heterocycles. The highest BCUT2D eigenvalue weighted by atomic mass is 35.5. The zero-order valence-electron chi connectivity index (χ0n) is 15.7. The van der Waals surface area contributed by atoms with Gasteiger partial charge in [0.1, 0.15) is 5.75 Å². The number of nitrogens with zero attached hydrogens (tertiary/aromatic N) is 3. The standard InChI is InChI=1S/C19H27N5O2.ClH/c1-26-18-5-3-16(4-6-18)14-24-15-17(13-22-24)19(25)21-7-2-10-23-11-8-20-9-12-23;/h3-6,13,15,20H,2,7-12,14H2,1H3,(H,21,25);1H. The minimum Gasteiger partial charge on any atom is -0.497 e. The second kappa shape index (κ2) is 10.9. The monoisotopic (exact) mass is 393 g/mol. The van der Waals surface area contributed by atoms with Crippen LogP contribution in [0.25, 0.3) is 0 Å². The summed E-state index contributed by atoms with van der Waals surface area (Å²) in [6.07, 6.45) is 4.37. The maximum absolute atomic E-state index is 12.2. The summed E-state index contributed by atoms with van der Waals surface area (Å²) in [5.74, 6) is 0.765. The number of benzene rings is 1. The Kier molecular flexibility index (Phi) is 8.57. The first-order valence-electron chi connectivity index (χ1n) is 9.11. The maximum Gasteiger partial charge on any atom is 0.254 e. The van der Waals surface area contributed by atoms with E-state index in [0.29, 0.717) is 18.7 Å². The first kappa shape index (κ1) is 21.2. The lowest BCUT2D eigenvalue weighted by Gasteiger charge is -2.27. The van der Waals surface area contributed by atoms with E-state index >= 15 is 0 Å². The van der Waals surface area contributed by atoms with Crippen molar-refractivity contribution < 1.29 is 9.53 Å². The molecule has 148 valence electrons. The topological polar surface area (TPSA) is 71.4 Å². The Labute approximate surface area is 166 Å². The largest absolute Gasteiger partial charge is 0.497 e. The smallest absolute Gasteiger partial charge is 0.254 e. The van der Waals surface area contributed by atoms with Gasteiger partial charge < -0.3 is 20.3 Å². The number of carbonyl (C=O) groups excluding carboxylic acids is 1. The lowest BCUT2D eigenvalue weighted by molar-refractivity contribution is 0.0951. The highest BCUT2D eigenvalue weighted by Crippen LogP contribution is 2.12. The van der Waals surface area contributed by atoms with Crippen LogP contribution in [0.4, 0.5) is 0 Å². The third-order valence-corrected chi connectivity index (χ3v) is 4.55. The average molecular weight is 394 g/mol. The summed E-state index contributed by atoms with van der Waals surface area (Å²) >= 11 is 0. The molecule has 0 saturated carbocycles. The Morgan fingerprint density at radius 1 is 1.26 bits per heavy atom. The van der Waals surface area contributed by atoms with Crippen LogP contribution < -0.4 is 15.4 Å². The highest BCUT2D eigenvalue weighted by molar-refractivity contribution is 5.93. The van der Waals surface area contributed by atoms with Crippen molar-refractivity contribution in [1.29, 1.82) is 0 Å². The van der Waals surface area contributed by atoms with Gasteiger partial charge in [0.05, 0.1) is 25.4 Å². The second-order valence-corrected chi connectivity index (χ2v) is 6.48. The molecular weight excluding hydrogens is 366 g/mol. The van der Waals surface area contributed by atoms with Crippen molar-refractivity contribution in [3.63, 3.8) is 0 Å². The van der Waals surface area contributed by atoms with Crippen LogP contribution in [0.2, 0.25) is 0 Å². The predicted molar refractivity (Wildman–Crippen MR) is 108 cm³/mol. The molecule has 8 heteroatoms. The van der Waals surface area contributed by atoms with Crippen molar-refractivity contribution in [2.24, 2.45) is 0 Å². The van der Waals surface area contributed by atoms with E-state index in [1.165, 1.54) is 0 Å². The van der Waals surface area contributed by atoms with Gasteiger partial charge >= 0.3 is 0 Å². The van der Waals surface area contributed by atoms with Gasteiger partial charge in [0, 0.05) is 38.9 Å². The first-order valence-corrected chi connectivity index (χ1v) is 9.11. The Balaban J connectivity index is 0.00000261. The van der Waals surface area contributed by atoms with Crippen LogP contribution in [-0.4, -0.2) is 67.0 Å². The number of amides is 1. The number of rotatable bonds is 8. The molecule has 0 unspecified atom stereocenters. The molecule has 0 radical (unpaired) electrons. The number of hydrogen-bond acceptors (Lipinski definition) is 5. The molecule has 27 heavy (non-hydrogen) atoms. The summed E-state index contributed by atoms with van der Waals surface area (Å²) in [4.78, 5) is 14.7. The number of halogens is 1. The van der Waals surface area contributed by atoms with E-state index < -0.39 is 0 Å². The molecule has 1 aliphatic rings. The molecule has 1 fully saturated rings. The van der Waals surface area contributed by atoms with Crippen LogP contribution in [0.1, 0.15) is 22.3 Å².